The van der Waals surface area contributed by atoms with E-state index in [0.29, 0.717) is 5.82 Å². The van der Waals surface area contributed by atoms with Crippen molar-refractivity contribution in [2.75, 3.05) is 12.8 Å². The van der Waals surface area contributed by atoms with E-state index >= 15 is 0 Å². The van der Waals surface area contributed by atoms with Crippen molar-refractivity contribution in [3.8, 4) is 17.0 Å². The summed E-state index contributed by atoms with van der Waals surface area (Å²) in [5.74, 6) is 1.33. The molecule has 3 rings (SSSR count). The molecule has 1 aromatic carbocycles. The number of aromatic nitrogens is 3. The molecule has 3 aromatic rings. The van der Waals surface area contributed by atoms with Gasteiger partial charge in [0.15, 0.2) is 0 Å². The standard InChI is InChI=1S/C14H16N4O/c1-8-14(11-7-13(15)17-16-11)10-6-9(19-3)4-5-12(10)18(8)2/h4-7H,1-3H3,(H3,15,16,17). The lowest BCUT2D eigenvalue weighted by atomic mass is 10.1. The molecule has 0 aliphatic carbocycles. The van der Waals surface area contributed by atoms with Gasteiger partial charge in [0.25, 0.3) is 0 Å². The molecule has 3 N–H and O–H groups in total. The fraction of sp³-hybridized carbons (Fsp3) is 0.214. The third-order valence-electron chi connectivity index (χ3n) is 3.57. The number of anilines is 1. The van der Waals surface area contributed by atoms with Gasteiger partial charge in [-0.3, -0.25) is 5.10 Å². The van der Waals surface area contributed by atoms with Gasteiger partial charge in [0, 0.05) is 35.3 Å². The summed E-state index contributed by atoms with van der Waals surface area (Å²) in [7, 11) is 3.72. The van der Waals surface area contributed by atoms with Gasteiger partial charge in [-0.05, 0) is 25.1 Å². The predicted molar refractivity (Wildman–Crippen MR) is 76.2 cm³/mol. The van der Waals surface area contributed by atoms with Gasteiger partial charge in [-0.25, -0.2) is 0 Å². The van der Waals surface area contributed by atoms with E-state index in [9.17, 15) is 0 Å². The van der Waals surface area contributed by atoms with Crippen molar-refractivity contribution >= 4 is 16.7 Å². The highest BCUT2D eigenvalue weighted by Gasteiger charge is 2.15. The predicted octanol–water partition coefficient (Wildman–Crippen LogP) is 2.47. The van der Waals surface area contributed by atoms with Crippen LogP contribution in [0.4, 0.5) is 5.82 Å². The Kier molecular flexibility index (Phi) is 2.48. The van der Waals surface area contributed by atoms with Crippen LogP contribution < -0.4 is 10.5 Å². The third-order valence-corrected chi connectivity index (χ3v) is 3.57. The molecular formula is C14H16N4O. The average Bonchev–Trinajstić information content (AvgIpc) is 2.93. The number of benzene rings is 1. The molecule has 2 aromatic heterocycles. The number of aryl methyl sites for hydroxylation is 1. The smallest absolute Gasteiger partial charge is 0.145 e. The first-order valence-corrected chi connectivity index (χ1v) is 6.06. The summed E-state index contributed by atoms with van der Waals surface area (Å²) < 4.78 is 7.46. The Labute approximate surface area is 111 Å². The normalized spacial score (nSPS) is 11.1. The van der Waals surface area contributed by atoms with Gasteiger partial charge in [0.05, 0.1) is 12.8 Å². The van der Waals surface area contributed by atoms with E-state index in [-0.39, 0.29) is 0 Å². The molecular weight excluding hydrogens is 240 g/mol. The number of fused-ring (bicyclic) bond motifs is 1. The van der Waals surface area contributed by atoms with Crippen LogP contribution in [0.2, 0.25) is 0 Å². The van der Waals surface area contributed by atoms with Gasteiger partial charge >= 0.3 is 0 Å². The van der Waals surface area contributed by atoms with Crippen molar-refractivity contribution in [3.05, 3.63) is 30.0 Å². The Morgan fingerprint density at radius 1 is 1.32 bits per heavy atom. The molecule has 5 nitrogen and oxygen atoms in total. The van der Waals surface area contributed by atoms with E-state index in [4.69, 9.17) is 10.5 Å². The van der Waals surface area contributed by atoms with Crippen LogP contribution in [0.1, 0.15) is 5.69 Å². The summed E-state index contributed by atoms with van der Waals surface area (Å²) in [6.07, 6.45) is 0. The quantitative estimate of drug-likeness (QED) is 0.740. The first-order valence-electron chi connectivity index (χ1n) is 6.06. The van der Waals surface area contributed by atoms with E-state index in [0.717, 1.165) is 33.6 Å². The van der Waals surface area contributed by atoms with Crippen molar-refractivity contribution in [1.29, 1.82) is 0 Å². The molecule has 0 aliphatic rings. The first kappa shape index (κ1) is 11.6. The van der Waals surface area contributed by atoms with E-state index in [1.807, 2.05) is 25.2 Å². The molecule has 0 amide bonds. The summed E-state index contributed by atoms with van der Waals surface area (Å²) in [6, 6.07) is 7.91. The van der Waals surface area contributed by atoms with Crippen LogP contribution in [0.15, 0.2) is 24.3 Å². The molecule has 98 valence electrons. The highest BCUT2D eigenvalue weighted by atomic mass is 16.5. The number of nitrogens with two attached hydrogens (primary N) is 1. The van der Waals surface area contributed by atoms with Crippen molar-refractivity contribution < 1.29 is 4.74 Å². The average molecular weight is 256 g/mol. The number of nitrogens with zero attached hydrogens (tertiary/aromatic N) is 2. The minimum atomic E-state index is 0.495. The summed E-state index contributed by atoms with van der Waals surface area (Å²) in [5.41, 5.74) is 10.0. The number of hydrogen-bond donors (Lipinski definition) is 2. The van der Waals surface area contributed by atoms with Crippen molar-refractivity contribution in [1.82, 2.24) is 14.8 Å². The molecule has 2 heterocycles. The molecule has 0 saturated heterocycles. The topological polar surface area (TPSA) is 68.9 Å². The van der Waals surface area contributed by atoms with E-state index in [1.165, 1.54) is 0 Å². The fourth-order valence-corrected chi connectivity index (χ4v) is 2.48. The maximum Gasteiger partial charge on any atom is 0.145 e. The zero-order valence-corrected chi connectivity index (χ0v) is 11.2. The first-order chi connectivity index (χ1) is 9.11. The zero-order valence-electron chi connectivity index (χ0n) is 11.2. The lowest BCUT2D eigenvalue weighted by Crippen LogP contribution is -1.90. The van der Waals surface area contributed by atoms with Crippen molar-refractivity contribution in [3.63, 3.8) is 0 Å². The van der Waals surface area contributed by atoms with Crippen LogP contribution in [-0.2, 0) is 7.05 Å². The highest BCUT2D eigenvalue weighted by molar-refractivity contribution is 5.98. The molecule has 0 radical (unpaired) electrons. The maximum atomic E-state index is 5.70. The van der Waals surface area contributed by atoms with E-state index < -0.39 is 0 Å². The number of ether oxygens (including phenoxy) is 1. The molecule has 19 heavy (non-hydrogen) atoms. The van der Waals surface area contributed by atoms with Crippen LogP contribution in [0.5, 0.6) is 5.75 Å². The van der Waals surface area contributed by atoms with Gasteiger partial charge < -0.3 is 15.0 Å². The highest BCUT2D eigenvalue weighted by Crippen LogP contribution is 2.35. The summed E-state index contributed by atoms with van der Waals surface area (Å²) in [6.45, 7) is 2.08. The van der Waals surface area contributed by atoms with Crippen LogP contribution in [0, 0.1) is 6.92 Å². The summed E-state index contributed by atoms with van der Waals surface area (Å²) in [4.78, 5) is 0. The molecule has 0 fully saturated rings. The number of H-pyrrole nitrogens is 1. The molecule has 0 atom stereocenters. The SMILES string of the molecule is COc1ccc2c(c1)c(-c1cc(N)n[nH]1)c(C)n2C. The number of nitrogens with one attached hydrogen (secondary N) is 1. The number of rotatable bonds is 2. The minimum Gasteiger partial charge on any atom is -0.497 e. The van der Waals surface area contributed by atoms with Gasteiger partial charge in [0.2, 0.25) is 0 Å². The molecule has 0 spiro atoms. The van der Waals surface area contributed by atoms with Crippen molar-refractivity contribution in [2.24, 2.45) is 7.05 Å². The zero-order chi connectivity index (χ0) is 13.6. The molecule has 0 aliphatic heterocycles. The number of methoxy groups -OCH3 is 1. The lowest BCUT2D eigenvalue weighted by Gasteiger charge is -2.01. The van der Waals surface area contributed by atoms with Gasteiger partial charge in [-0.2, -0.15) is 5.10 Å². The van der Waals surface area contributed by atoms with Gasteiger partial charge in [-0.1, -0.05) is 0 Å². The molecule has 0 unspecified atom stereocenters. The molecule has 0 bridgehead atoms. The van der Waals surface area contributed by atoms with Crippen molar-refractivity contribution in [2.45, 2.75) is 6.92 Å². The largest absolute Gasteiger partial charge is 0.497 e. The number of hydrogen-bond acceptors (Lipinski definition) is 3. The Balaban J connectivity index is 2.36. The fourth-order valence-electron chi connectivity index (χ4n) is 2.48. The Morgan fingerprint density at radius 3 is 2.74 bits per heavy atom. The number of aromatic amines is 1. The second-order valence-corrected chi connectivity index (χ2v) is 4.61. The van der Waals surface area contributed by atoms with Crippen LogP contribution in [0.25, 0.3) is 22.2 Å². The Morgan fingerprint density at radius 2 is 2.11 bits per heavy atom. The van der Waals surface area contributed by atoms with Gasteiger partial charge in [0.1, 0.15) is 11.6 Å². The second kappa shape index (κ2) is 4.05. The second-order valence-electron chi connectivity index (χ2n) is 4.61. The van der Waals surface area contributed by atoms with Crippen LogP contribution in [-0.4, -0.2) is 21.9 Å². The van der Waals surface area contributed by atoms with E-state index in [2.05, 4.69) is 27.8 Å². The van der Waals surface area contributed by atoms with Crippen LogP contribution in [0.3, 0.4) is 0 Å². The lowest BCUT2D eigenvalue weighted by molar-refractivity contribution is 0.415. The minimum absolute atomic E-state index is 0.495. The molecule has 5 heteroatoms. The maximum absolute atomic E-state index is 5.70. The van der Waals surface area contributed by atoms with E-state index in [1.54, 1.807) is 7.11 Å². The van der Waals surface area contributed by atoms with Crippen LogP contribution >= 0.6 is 0 Å². The summed E-state index contributed by atoms with van der Waals surface area (Å²) in [5, 5.41) is 8.11. The summed E-state index contributed by atoms with van der Waals surface area (Å²) >= 11 is 0. The van der Waals surface area contributed by atoms with Gasteiger partial charge in [-0.15, -0.1) is 0 Å². The Bertz CT molecular complexity index is 754. The third kappa shape index (κ3) is 1.66. The monoisotopic (exact) mass is 256 g/mol. The Hall–Kier alpha value is -2.43. The number of nitrogen functional groups attached to an aromatic ring is 1. The molecule has 0 saturated carbocycles.